The molecule has 244 valence electrons. The minimum atomic E-state index is 0.819. The van der Waals surface area contributed by atoms with Gasteiger partial charge in [0, 0.05) is 31.0 Å². The average Bonchev–Trinajstić information content (AvgIpc) is 3.11. The van der Waals surface area contributed by atoms with Crippen LogP contribution in [-0.2, 0) is 0 Å². The molecule has 4 aromatic carbocycles. The maximum atomic E-state index is 4.46. The zero-order valence-corrected chi connectivity index (χ0v) is 28.8. The van der Waals surface area contributed by atoms with E-state index in [1.165, 1.54) is 57.1 Å². The SMILES string of the molecule is CCCC.CCCCNc1ccc(N=Nc2ccc(-c3ccc(N=Nc4ccc(N(CCCC)CCCC)cc4)cc3)cc2)cc1. The molecule has 0 heterocycles. The Bertz CT molecular complexity index is 1400. The first kappa shape index (κ1) is 36.2. The molecule has 0 aliphatic carbocycles. The number of benzene rings is 4. The predicted octanol–water partition coefficient (Wildman–Crippen LogP) is 13.6. The van der Waals surface area contributed by atoms with Gasteiger partial charge in [-0.2, -0.15) is 20.5 Å². The van der Waals surface area contributed by atoms with Gasteiger partial charge in [-0.1, -0.05) is 91.0 Å². The van der Waals surface area contributed by atoms with E-state index in [9.17, 15) is 0 Å². The van der Waals surface area contributed by atoms with Crippen LogP contribution >= 0.6 is 0 Å². The van der Waals surface area contributed by atoms with Crippen LogP contribution < -0.4 is 10.2 Å². The summed E-state index contributed by atoms with van der Waals surface area (Å²) in [6, 6.07) is 32.7. The van der Waals surface area contributed by atoms with Crippen molar-refractivity contribution in [1.82, 2.24) is 0 Å². The molecule has 0 fully saturated rings. The van der Waals surface area contributed by atoms with Crippen molar-refractivity contribution in [3.63, 3.8) is 0 Å². The van der Waals surface area contributed by atoms with Gasteiger partial charge < -0.3 is 10.2 Å². The van der Waals surface area contributed by atoms with E-state index in [-0.39, 0.29) is 0 Å². The summed E-state index contributed by atoms with van der Waals surface area (Å²) in [5.41, 5.74) is 7.95. The van der Waals surface area contributed by atoms with Gasteiger partial charge in [-0.25, -0.2) is 0 Å². The van der Waals surface area contributed by atoms with E-state index in [1.807, 2.05) is 48.5 Å². The molecule has 0 saturated carbocycles. The lowest BCUT2D eigenvalue weighted by Gasteiger charge is -2.24. The summed E-state index contributed by atoms with van der Waals surface area (Å²) in [7, 11) is 0. The molecule has 4 aromatic rings. The van der Waals surface area contributed by atoms with Crippen LogP contribution in [0.5, 0.6) is 0 Å². The molecule has 6 nitrogen and oxygen atoms in total. The van der Waals surface area contributed by atoms with Gasteiger partial charge in [-0.3, -0.25) is 0 Å². The highest BCUT2D eigenvalue weighted by molar-refractivity contribution is 5.67. The van der Waals surface area contributed by atoms with Crippen LogP contribution in [0.1, 0.15) is 86.0 Å². The van der Waals surface area contributed by atoms with Gasteiger partial charge >= 0.3 is 0 Å². The van der Waals surface area contributed by atoms with Gasteiger partial charge in [0.1, 0.15) is 0 Å². The second-order valence-electron chi connectivity index (χ2n) is 11.5. The van der Waals surface area contributed by atoms with Gasteiger partial charge in [0.25, 0.3) is 0 Å². The van der Waals surface area contributed by atoms with Crippen molar-refractivity contribution in [2.75, 3.05) is 29.9 Å². The zero-order valence-electron chi connectivity index (χ0n) is 28.8. The summed E-state index contributed by atoms with van der Waals surface area (Å²) < 4.78 is 0. The maximum Gasteiger partial charge on any atom is 0.0858 e. The van der Waals surface area contributed by atoms with Gasteiger partial charge in [-0.05, 0) is 103 Å². The van der Waals surface area contributed by atoms with Crippen LogP contribution in [0.4, 0.5) is 34.1 Å². The lowest BCUT2D eigenvalue weighted by atomic mass is 10.1. The fourth-order valence-corrected chi connectivity index (χ4v) is 4.53. The Morgan fingerprint density at radius 1 is 0.435 bits per heavy atom. The topological polar surface area (TPSA) is 64.7 Å². The second kappa shape index (κ2) is 21.4. The smallest absolute Gasteiger partial charge is 0.0858 e. The number of azo groups is 2. The summed E-state index contributed by atoms with van der Waals surface area (Å²) in [6.45, 7) is 14.2. The molecule has 0 saturated heterocycles. The molecule has 0 atom stereocenters. The van der Waals surface area contributed by atoms with E-state index in [0.717, 1.165) is 59.2 Å². The minimum absolute atomic E-state index is 0.819. The van der Waals surface area contributed by atoms with Gasteiger partial charge in [0.15, 0.2) is 0 Å². The van der Waals surface area contributed by atoms with Crippen LogP contribution in [0, 0.1) is 0 Å². The number of hydrogen-bond donors (Lipinski definition) is 1. The van der Waals surface area contributed by atoms with E-state index >= 15 is 0 Å². The van der Waals surface area contributed by atoms with E-state index in [2.05, 4.69) is 114 Å². The molecule has 0 spiro atoms. The van der Waals surface area contributed by atoms with Gasteiger partial charge in [0.2, 0.25) is 0 Å². The van der Waals surface area contributed by atoms with Crippen molar-refractivity contribution < 1.29 is 0 Å². The summed E-state index contributed by atoms with van der Waals surface area (Å²) in [5, 5.41) is 21.1. The molecule has 0 radical (unpaired) electrons. The molecular formula is C40H54N6. The molecule has 46 heavy (non-hydrogen) atoms. The van der Waals surface area contributed by atoms with Crippen LogP contribution in [0.25, 0.3) is 11.1 Å². The Labute approximate surface area is 278 Å². The van der Waals surface area contributed by atoms with Crippen molar-refractivity contribution in [2.45, 2.75) is 86.0 Å². The maximum absolute atomic E-state index is 4.46. The van der Waals surface area contributed by atoms with E-state index < -0.39 is 0 Å². The normalized spacial score (nSPS) is 11.1. The highest BCUT2D eigenvalue weighted by atomic mass is 15.1. The first-order valence-corrected chi connectivity index (χ1v) is 17.3. The number of nitrogens with one attached hydrogen (secondary N) is 1. The highest BCUT2D eigenvalue weighted by Gasteiger charge is 2.06. The molecule has 0 unspecified atom stereocenters. The largest absolute Gasteiger partial charge is 0.385 e. The Hall–Kier alpha value is -4.32. The number of unbranched alkanes of at least 4 members (excludes halogenated alkanes) is 4. The molecule has 0 aliphatic rings. The van der Waals surface area contributed by atoms with Crippen molar-refractivity contribution in [1.29, 1.82) is 0 Å². The molecule has 0 amide bonds. The monoisotopic (exact) mass is 618 g/mol. The fourth-order valence-electron chi connectivity index (χ4n) is 4.53. The van der Waals surface area contributed by atoms with E-state index in [0.29, 0.717) is 0 Å². The highest BCUT2D eigenvalue weighted by Crippen LogP contribution is 2.28. The third kappa shape index (κ3) is 13.0. The van der Waals surface area contributed by atoms with Crippen LogP contribution in [0.15, 0.2) is 118 Å². The first-order valence-electron chi connectivity index (χ1n) is 17.3. The van der Waals surface area contributed by atoms with Crippen molar-refractivity contribution in [3.8, 4) is 11.1 Å². The second-order valence-corrected chi connectivity index (χ2v) is 11.5. The van der Waals surface area contributed by atoms with Crippen LogP contribution in [-0.4, -0.2) is 19.6 Å². The Balaban J connectivity index is 0.00000136. The average molecular weight is 619 g/mol. The lowest BCUT2D eigenvalue weighted by molar-refractivity contribution is 0.678. The van der Waals surface area contributed by atoms with Crippen molar-refractivity contribution in [2.24, 2.45) is 20.5 Å². The third-order valence-electron chi connectivity index (χ3n) is 7.63. The summed E-state index contributed by atoms with van der Waals surface area (Å²) in [5.74, 6) is 0. The molecule has 0 aromatic heterocycles. The summed E-state index contributed by atoms with van der Waals surface area (Å²) in [4.78, 5) is 2.48. The summed E-state index contributed by atoms with van der Waals surface area (Å²) in [6.07, 6.45) is 9.82. The van der Waals surface area contributed by atoms with Gasteiger partial charge in [0.05, 0.1) is 22.7 Å². The first-order chi connectivity index (χ1) is 22.6. The van der Waals surface area contributed by atoms with Gasteiger partial charge in [-0.15, -0.1) is 0 Å². The standard InChI is InChI=1S/C36H44N6.C4H10/c1-4-7-26-37-31-18-20-34(21-19-31)40-38-32-14-10-29(11-15-32)30-12-16-33(17-13-30)39-41-35-22-24-36(25-23-35)42(27-8-5-2)28-9-6-3;1-3-4-2/h10-25,37H,4-9,26-28H2,1-3H3;3-4H2,1-2H3. The predicted molar refractivity (Wildman–Crippen MR) is 199 cm³/mol. The number of nitrogens with zero attached hydrogens (tertiary/aromatic N) is 5. The molecule has 0 aliphatic heterocycles. The Morgan fingerprint density at radius 2 is 0.804 bits per heavy atom. The van der Waals surface area contributed by atoms with Crippen molar-refractivity contribution >= 4 is 34.1 Å². The lowest BCUT2D eigenvalue weighted by Crippen LogP contribution is -2.25. The zero-order chi connectivity index (χ0) is 32.8. The molecule has 0 bridgehead atoms. The Morgan fingerprint density at radius 3 is 1.17 bits per heavy atom. The fraction of sp³-hybridized carbons (Fsp3) is 0.400. The number of hydrogen-bond acceptors (Lipinski definition) is 6. The summed E-state index contributed by atoms with van der Waals surface area (Å²) >= 11 is 0. The van der Waals surface area contributed by atoms with Crippen LogP contribution in [0.2, 0.25) is 0 Å². The molecule has 1 N–H and O–H groups in total. The van der Waals surface area contributed by atoms with E-state index in [1.54, 1.807) is 0 Å². The van der Waals surface area contributed by atoms with Crippen LogP contribution in [0.3, 0.4) is 0 Å². The quantitative estimate of drug-likeness (QED) is 0.0945. The number of rotatable bonds is 17. The van der Waals surface area contributed by atoms with Crippen molar-refractivity contribution in [3.05, 3.63) is 97.1 Å². The molecule has 6 heteroatoms. The molecule has 4 rings (SSSR count). The minimum Gasteiger partial charge on any atom is -0.385 e. The third-order valence-corrected chi connectivity index (χ3v) is 7.63. The Kier molecular flexibility index (Phi) is 16.8. The molecular weight excluding hydrogens is 564 g/mol. The van der Waals surface area contributed by atoms with E-state index in [4.69, 9.17) is 0 Å². The number of anilines is 2.